The molecule has 1 aliphatic rings. The standard InChI is InChI=1S/C19H21FN4O2S2.C2H4/c1-3-12(19(2)6-7-27-17(21)24-19)8-11(10-20)16(26)23-18-22-14-5-4-13(25)9-15(14)28-18;1-2/h3-5,8-9,25H,6-7,10H2,1-2H3,(H2,21,24)(H,22,23,26);1-2H2/b11-8+,12-3+;. The number of benzene rings is 1. The maximum atomic E-state index is 13.7. The van der Waals surface area contributed by atoms with Crippen molar-refractivity contribution < 1.29 is 14.3 Å². The van der Waals surface area contributed by atoms with Gasteiger partial charge in [-0.1, -0.05) is 29.2 Å². The number of carbonyl (C=O) groups is 1. The van der Waals surface area contributed by atoms with Crippen molar-refractivity contribution in [3.05, 3.63) is 54.7 Å². The first kappa shape index (κ1) is 23.6. The number of hydrogen-bond acceptors (Lipinski definition) is 7. The summed E-state index contributed by atoms with van der Waals surface area (Å²) in [5.41, 5.74) is 6.66. The molecule has 30 heavy (non-hydrogen) atoms. The van der Waals surface area contributed by atoms with Crippen LogP contribution in [-0.4, -0.2) is 39.1 Å². The molecular weight excluding hydrogens is 423 g/mol. The Morgan fingerprint density at radius 1 is 1.47 bits per heavy atom. The maximum absolute atomic E-state index is 13.7. The van der Waals surface area contributed by atoms with Gasteiger partial charge < -0.3 is 10.8 Å². The van der Waals surface area contributed by atoms with Gasteiger partial charge in [0.25, 0.3) is 5.91 Å². The van der Waals surface area contributed by atoms with Gasteiger partial charge in [-0.2, -0.15) is 0 Å². The van der Waals surface area contributed by atoms with E-state index in [0.717, 1.165) is 22.4 Å². The molecule has 2 aromatic rings. The first-order valence-electron chi connectivity index (χ1n) is 9.17. The molecule has 1 aromatic carbocycles. The molecule has 2 heterocycles. The Hall–Kier alpha value is -2.65. The Kier molecular flexibility index (Phi) is 8.19. The number of thiazole rings is 1. The van der Waals surface area contributed by atoms with Crippen LogP contribution in [0.2, 0.25) is 0 Å². The van der Waals surface area contributed by atoms with E-state index in [1.165, 1.54) is 29.2 Å². The first-order valence-corrected chi connectivity index (χ1v) is 11.0. The summed E-state index contributed by atoms with van der Waals surface area (Å²) in [5, 5.41) is 13.0. The highest BCUT2D eigenvalue weighted by atomic mass is 32.2. The van der Waals surface area contributed by atoms with Gasteiger partial charge in [0.05, 0.1) is 15.8 Å². The van der Waals surface area contributed by atoms with Crippen LogP contribution in [-0.2, 0) is 4.79 Å². The molecule has 0 fully saturated rings. The van der Waals surface area contributed by atoms with Crippen molar-refractivity contribution in [1.82, 2.24) is 4.98 Å². The Morgan fingerprint density at radius 2 is 2.20 bits per heavy atom. The Labute approximate surface area is 183 Å². The number of nitrogens with zero attached hydrogens (tertiary/aromatic N) is 2. The smallest absolute Gasteiger partial charge is 0.256 e. The van der Waals surface area contributed by atoms with E-state index in [9.17, 15) is 14.3 Å². The fraction of sp³-hybridized carbons (Fsp3) is 0.286. The summed E-state index contributed by atoms with van der Waals surface area (Å²) >= 11 is 2.70. The molecule has 3 rings (SSSR count). The zero-order valence-corrected chi connectivity index (χ0v) is 18.6. The van der Waals surface area contributed by atoms with Crippen molar-refractivity contribution in [2.24, 2.45) is 10.7 Å². The molecule has 0 bridgehead atoms. The number of amidine groups is 1. The number of rotatable bonds is 5. The summed E-state index contributed by atoms with van der Waals surface area (Å²) < 4.78 is 14.4. The number of alkyl halides is 1. The van der Waals surface area contributed by atoms with Crippen LogP contribution in [0.4, 0.5) is 9.52 Å². The summed E-state index contributed by atoms with van der Waals surface area (Å²) in [4.78, 5) is 21.4. The fourth-order valence-electron chi connectivity index (χ4n) is 2.94. The minimum Gasteiger partial charge on any atom is -0.508 e. The van der Waals surface area contributed by atoms with E-state index in [-0.39, 0.29) is 11.3 Å². The SMILES string of the molecule is C/C=C(\C=C(/CF)C(=O)Nc1nc2ccc(O)cc2s1)C1(C)CCSC(N)=N1.C=C. The fourth-order valence-corrected chi connectivity index (χ4v) is 4.81. The van der Waals surface area contributed by atoms with Crippen LogP contribution in [0.5, 0.6) is 5.75 Å². The largest absolute Gasteiger partial charge is 0.508 e. The number of aromatic nitrogens is 1. The second-order valence-corrected chi connectivity index (χ2v) is 8.64. The maximum Gasteiger partial charge on any atom is 0.256 e. The number of fused-ring (bicyclic) bond motifs is 1. The minimum absolute atomic E-state index is 0.0107. The molecule has 0 saturated carbocycles. The Morgan fingerprint density at radius 3 is 2.83 bits per heavy atom. The molecule has 160 valence electrons. The number of hydrogen-bond donors (Lipinski definition) is 3. The normalized spacial score (nSPS) is 19.6. The highest BCUT2D eigenvalue weighted by molar-refractivity contribution is 8.13. The summed E-state index contributed by atoms with van der Waals surface area (Å²) in [6.07, 6.45) is 4.12. The van der Waals surface area contributed by atoms with Gasteiger partial charge in [-0.3, -0.25) is 15.1 Å². The van der Waals surface area contributed by atoms with Crippen LogP contribution in [0.1, 0.15) is 20.3 Å². The topological polar surface area (TPSA) is 101 Å². The lowest BCUT2D eigenvalue weighted by atomic mass is 9.87. The van der Waals surface area contributed by atoms with Crippen LogP contribution >= 0.6 is 23.1 Å². The van der Waals surface area contributed by atoms with Gasteiger partial charge >= 0.3 is 0 Å². The van der Waals surface area contributed by atoms with Gasteiger partial charge in [-0.15, -0.1) is 13.2 Å². The first-order chi connectivity index (χ1) is 14.3. The third-order valence-electron chi connectivity index (χ3n) is 4.49. The molecule has 6 nitrogen and oxygen atoms in total. The molecule has 0 saturated heterocycles. The van der Waals surface area contributed by atoms with E-state index in [1.54, 1.807) is 18.2 Å². The number of phenols is 1. The van der Waals surface area contributed by atoms with Crippen LogP contribution < -0.4 is 11.1 Å². The summed E-state index contributed by atoms with van der Waals surface area (Å²) in [5.74, 6) is 0.373. The lowest BCUT2D eigenvalue weighted by Crippen LogP contribution is -2.32. The van der Waals surface area contributed by atoms with Crippen LogP contribution in [0, 0.1) is 0 Å². The lowest BCUT2D eigenvalue weighted by Gasteiger charge is -2.30. The quantitative estimate of drug-likeness (QED) is 0.347. The number of phenolic OH excluding ortho intramolecular Hbond substituents is 1. The highest BCUT2D eigenvalue weighted by Gasteiger charge is 2.31. The summed E-state index contributed by atoms with van der Waals surface area (Å²) in [6.45, 7) is 8.84. The minimum atomic E-state index is -0.918. The van der Waals surface area contributed by atoms with Crippen molar-refractivity contribution in [1.29, 1.82) is 0 Å². The second kappa shape index (κ2) is 10.4. The van der Waals surface area contributed by atoms with Gasteiger partial charge in [0.1, 0.15) is 12.4 Å². The van der Waals surface area contributed by atoms with Crippen molar-refractivity contribution >= 4 is 49.5 Å². The molecule has 1 aromatic heterocycles. The number of nitrogens with one attached hydrogen (secondary N) is 1. The third-order valence-corrected chi connectivity index (χ3v) is 6.22. The summed E-state index contributed by atoms with van der Waals surface area (Å²) in [7, 11) is 0. The number of carbonyl (C=O) groups excluding carboxylic acids is 1. The molecule has 1 unspecified atom stereocenters. The molecule has 1 amide bonds. The van der Waals surface area contributed by atoms with Gasteiger partial charge in [0.15, 0.2) is 10.3 Å². The lowest BCUT2D eigenvalue weighted by molar-refractivity contribution is -0.113. The number of allylic oxidation sites excluding steroid dienone is 1. The number of nitrogens with two attached hydrogens (primary N) is 1. The number of halogens is 1. The summed E-state index contributed by atoms with van der Waals surface area (Å²) in [6, 6.07) is 4.75. The Balaban J connectivity index is 0.00000155. The van der Waals surface area contributed by atoms with Gasteiger partial charge in [-0.25, -0.2) is 9.37 Å². The van der Waals surface area contributed by atoms with E-state index < -0.39 is 18.1 Å². The number of aromatic hydroxyl groups is 1. The number of amides is 1. The predicted octanol–water partition coefficient (Wildman–Crippen LogP) is 4.80. The van der Waals surface area contributed by atoms with Crippen molar-refractivity contribution in [3.8, 4) is 5.75 Å². The molecule has 4 N–H and O–H groups in total. The second-order valence-electron chi connectivity index (χ2n) is 6.49. The predicted molar refractivity (Wildman–Crippen MR) is 126 cm³/mol. The number of aliphatic imine (C=N–C) groups is 1. The zero-order valence-electron chi connectivity index (χ0n) is 16.9. The van der Waals surface area contributed by atoms with Crippen LogP contribution in [0.15, 0.2) is 59.6 Å². The van der Waals surface area contributed by atoms with E-state index >= 15 is 0 Å². The number of thioether (sulfide) groups is 1. The van der Waals surface area contributed by atoms with Crippen molar-refractivity contribution in [2.45, 2.75) is 25.8 Å². The van der Waals surface area contributed by atoms with E-state index in [0.29, 0.717) is 15.8 Å². The van der Waals surface area contributed by atoms with Crippen LogP contribution in [0.3, 0.4) is 0 Å². The highest BCUT2D eigenvalue weighted by Crippen LogP contribution is 2.34. The molecule has 1 atom stereocenters. The molecule has 1 aliphatic heterocycles. The van der Waals surface area contributed by atoms with Crippen LogP contribution in [0.25, 0.3) is 10.2 Å². The Bertz CT molecular complexity index is 1020. The average Bonchev–Trinajstić information content (AvgIpc) is 3.11. The molecule has 0 radical (unpaired) electrons. The van der Waals surface area contributed by atoms with E-state index in [4.69, 9.17) is 5.73 Å². The molecule has 0 spiro atoms. The van der Waals surface area contributed by atoms with Crippen molar-refractivity contribution in [3.63, 3.8) is 0 Å². The van der Waals surface area contributed by atoms with E-state index in [1.807, 2.05) is 19.9 Å². The van der Waals surface area contributed by atoms with Crippen molar-refractivity contribution in [2.75, 3.05) is 17.7 Å². The molecule has 9 heteroatoms. The van der Waals surface area contributed by atoms with Gasteiger partial charge in [-0.05, 0) is 50.1 Å². The monoisotopic (exact) mass is 448 g/mol. The average molecular weight is 449 g/mol. The number of anilines is 1. The van der Waals surface area contributed by atoms with Gasteiger partial charge in [0.2, 0.25) is 0 Å². The van der Waals surface area contributed by atoms with E-state index in [2.05, 4.69) is 28.5 Å². The molecule has 0 aliphatic carbocycles. The third kappa shape index (κ3) is 5.48. The van der Waals surface area contributed by atoms with Gasteiger partial charge in [0, 0.05) is 11.3 Å². The zero-order chi connectivity index (χ0) is 22.3. The molecular formula is C21H25FN4O2S2.